The summed E-state index contributed by atoms with van der Waals surface area (Å²) in [4.78, 5) is 26.1. The maximum absolute atomic E-state index is 12.7. The molecule has 0 radical (unpaired) electrons. The Hall–Kier alpha value is -2.80. The molecular weight excluding hydrogens is 320 g/mol. The molecule has 2 aromatic rings. The zero-order valence-electron chi connectivity index (χ0n) is 13.9. The first-order chi connectivity index (χ1) is 12.0. The van der Waals surface area contributed by atoms with Crippen LogP contribution in [0.15, 0.2) is 47.4 Å². The molecule has 2 aliphatic rings. The Labute approximate surface area is 144 Å². The number of nitrogens with zero attached hydrogens (tertiary/aromatic N) is 3. The molecule has 3 N–H and O–H groups in total. The van der Waals surface area contributed by atoms with Crippen molar-refractivity contribution in [1.82, 2.24) is 9.58 Å². The summed E-state index contributed by atoms with van der Waals surface area (Å²) in [7, 11) is 1.69. The van der Waals surface area contributed by atoms with Gasteiger partial charge >= 0.3 is 0 Å². The van der Waals surface area contributed by atoms with Crippen molar-refractivity contribution in [3.63, 3.8) is 0 Å². The lowest BCUT2D eigenvalue weighted by Gasteiger charge is -2.53. The molecule has 1 fully saturated rings. The second kappa shape index (κ2) is 5.63. The summed E-state index contributed by atoms with van der Waals surface area (Å²) in [5.74, 6) is -0.887. The number of hydrogen-bond acceptors (Lipinski definition) is 5. The minimum atomic E-state index is -0.566. The summed E-state index contributed by atoms with van der Waals surface area (Å²) < 4.78 is 1.60. The topological polar surface area (TPSA) is 91.8 Å². The highest BCUT2D eigenvalue weighted by Gasteiger charge is 2.45. The molecule has 7 nitrogen and oxygen atoms in total. The number of carbonyl (C=O) groups excluding carboxylic acids is 1. The number of nitrogens with two attached hydrogens (primary N) is 1. The monoisotopic (exact) mass is 340 g/mol. The number of aromatic nitrogens is 1. The summed E-state index contributed by atoms with van der Waals surface area (Å²) in [6.45, 7) is 0. The van der Waals surface area contributed by atoms with Gasteiger partial charge in [0.25, 0.3) is 5.91 Å². The van der Waals surface area contributed by atoms with Crippen molar-refractivity contribution in [2.75, 3.05) is 12.1 Å². The molecule has 0 saturated carbocycles. The first kappa shape index (κ1) is 15.7. The van der Waals surface area contributed by atoms with Gasteiger partial charge in [0, 0.05) is 25.4 Å². The van der Waals surface area contributed by atoms with Crippen LogP contribution in [0.4, 0.5) is 0 Å². The van der Waals surface area contributed by atoms with Gasteiger partial charge in [-0.3, -0.25) is 19.3 Å². The number of rotatable bonds is 1. The average Bonchev–Trinajstić information content (AvgIpc) is 2.62. The van der Waals surface area contributed by atoms with Gasteiger partial charge in [-0.2, -0.15) is 0 Å². The number of piperidine rings is 1. The van der Waals surface area contributed by atoms with Crippen molar-refractivity contribution in [2.24, 2.45) is 5.73 Å². The molecular formula is C18H20N4O3. The van der Waals surface area contributed by atoms with Gasteiger partial charge in [0.15, 0.2) is 11.4 Å². The summed E-state index contributed by atoms with van der Waals surface area (Å²) in [6.07, 6.45) is 2.86. The van der Waals surface area contributed by atoms with E-state index in [-0.39, 0.29) is 29.9 Å². The van der Waals surface area contributed by atoms with Crippen LogP contribution < -0.4 is 16.2 Å². The Bertz CT molecular complexity index is 880. The summed E-state index contributed by atoms with van der Waals surface area (Å²) in [6, 6.07) is 10.8. The number of amides is 1. The summed E-state index contributed by atoms with van der Waals surface area (Å²) >= 11 is 0. The van der Waals surface area contributed by atoms with Gasteiger partial charge in [-0.15, -0.1) is 0 Å². The molecule has 130 valence electrons. The molecule has 1 aromatic carbocycles. The van der Waals surface area contributed by atoms with Gasteiger partial charge in [0.2, 0.25) is 5.43 Å². The third-order valence-electron chi connectivity index (χ3n) is 5.17. The molecule has 3 heterocycles. The van der Waals surface area contributed by atoms with Crippen LogP contribution in [0.2, 0.25) is 0 Å². The molecule has 0 aliphatic carbocycles. The summed E-state index contributed by atoms with van der Waals surface area (Å²) in [5.41, 5.74) is 6.90. The summed E-state index contributed by atoms with van der Waals surface area (Å²) in [5, 5.41) is 12.2. The number of hydrogen-bond donors (Lipinski definition) is 2. The largest absolute Gasteiger partial charge is 0.502 e. The highest BCUT2D eigenvalue weighted by atomic mass is 16.3. The third kappa shape index (κ3) is 2.23. The van der Waals surface area contributed by atoms with E-state index in [0.29, 0.717) is 0 Å². The SMILES string of the molecule is CN1C(=O)c2c(O)c(=O)ccn2N2[C@H](c3ccccc3)[C@@H](N)CC[C@@H]12. The highest BCUT2D eigenvalue weighted by molar-refractivity contribution is 5.96. The van der Waals surface area contributed by atoms with Crippen LogP contribution in [0.5, 0.6) is 5.75 Å². The molecule has 0 unspecified atom stereocenters. The van der Waals surface area contributed by atoms with Crippen LogP contribution in [0.25, 0.3) is 0 Å². The van der Waals surface area contributed by atoms with Crippen molar-refractivity contribution >= 4 is 5.91 Å². The van der Waals surface area contributed by atoms with Crippen LogP contribution in [-0.4, -0.2) is 39.8 Å². The van der Waals surface area contributed by atoms with Crippen molar-refractivity contribution in [3.05, 3.63) is 64.1 Å². The van der Waals surface area contributed by atoms with Crippen molar-refractivity contribution in [3.8, 4) is 5.75 Å². The zero-order valence-corrected chi connectivity index (χ0v) is 13.9. The normalized spacial score (nSPS) is 25.5. The van der Waals surface area contributed by atoms with Crippen LogP contribution >= 0.6 is 0 Å². The van der Waals surface area contributed by atoms with Gasteiger partial charge in [0.1, 0.15) is 6.17 Å². The molecule has 4 rings (SSSR count). The van der Waals surface area contributed by atoms with E-state index in [0.717, 1.165) is 18.4 Å². The minimum Gasteiger partial charge on any atom is -0.502 e. The fourth-order valence-corrected chi connectivity index (χ4v) is 3.92. The van der Waals surface area contributed by atoms with Crippen molar-refractivity contribution in [1.29, 1.82) is 0 Å². The molecule has 7 heteroatoms. The van der Waals surface area contributed by atoms with Crippen molar-refractivity contribution in [2.45, 2.75) is 31.1 Å². The maximum Gasteiger partial charge on any atom is 0.277 e. The smallest absolute Gasteiger partial charge is 0.277 e. The van der Waals surface area contributed by atoms with Crippen LogP contribution in [0.1, 0.15) is 34.9 Å². The van der Waals surface area contributed by atoms with E-state index in [4.69, 9.17) is 5.73 Å². The standard InChI is InChI=1S/C18H20N4O3/c1-20-14-8-7-12(19)15(11-5-3-2-4-6-11)22(14)21-10-9-13(23)17(24)16(21)18(20)25/h2-6,9-10,12,14-15,24H,7-8,19H2,1H3/t12-,14-,15+/m0/s1. The predicted molar refractivity (Wildman–Crippen MR) is 92.9 cm³/mol. The lowest BCUT2D eigenvalue weighted by molar-refractivity contribution is 0.0535. The first-order valence-electron chi connectivity index (χ1n) is 8.31. The Morgan fingerprint density at radius 1 is 1.12 bits per heavy atom. The second-order valence-electron chi connectivity index (χ2n) is 6.60. The minimum absolute atomic E-state index is 0.0127. The van der Waals surface area contributed by atoms with Crippen molar-refractivity contribution < 1.29 is 9.90 Å². The van der Waals surface area contributed by atoms with Gasteiger partial charge in [-0.05, 0) is 18.4 Å². The quantitative estimate of drug-likeness (QED) is 0.800. The number of pyridine rings is 1. The average molecular weight is 340 g/mol. The zero-order chi connectivity index (χ0) is 17.7. The Morgan fingerprint density at radius 3 is 2.56 bits per heavy atom. The molecule has 25 heavy (non-hydrogen) atoms. The Balaban J connectivity index is 1.94. The number of aromatic hydroxyl groups is 1. The van der Waals surface area contributed by atoms with Gasteiger partial charge in [-0.25, -0.2) is 0 Å². The molecule has 1 aromatic heterocycles. The molecule has 3 atom stereocenters. The molecule has 0 bridgehead atoms. The molecule has 1 saturated heterocycles. The van der Waals surface area contributed by atoms with E-state index in [1.807, 2.05) is 35.3 Å². The van der Waals surface area contributed by atoms with E-state index in [9.17, 15) is 14.7 Å². The Kier molecular flexibility index (Phi) is 3.54. The van der Waals surface area contributed by atoms with E-state index < -0.39 is 11.2 Å². The highest BCUT2D eigenvalue weighted by Crippen LogP contribution is 2.37. The Morgan fingerprint density at radius 2 is 1.84 bits per heavy atom. The lowest BCUT2D eigenvalue weighted by Crippen LogP contribution is -2.66. The van der Waals surface area contributed by atoms with Crippen LogP contribution in [0, 0.1) is 0 Å². The van der Waals surface area contributed by atoms with Crippen LogP contribution in [-0.2, 0) is 0 Å². The molecule has 1 amide bonds. The fourth-order valence-electron chi connectivity index (χ4n) is 3.92. The van der Waals surface area contributed by atoms with E-state index >= 15 is 0 Å². The number of benzene rings is 1. The first-order valence-corrected chi connectivity index (χ1v) is 8.31. The van der Waals surface area contributed by atoms with Crippen LogP contribution in [0.3, 0.4) is 0 Å². The van der Waals surface area contributed by atoms with Gasteiger partial charge < -0.3 is 15.7 Å². The molecule has 2 aliphatic heterocycles. The maximum atomic E-state index is 12.7. The van der Waals surface area contributed by atoms with E-state index in [2.05, 4.69) is 0 Å². The lowest BCUT2D eigenvalue weighted by atomic mass is 9.89. The van der Waals surface area contributed by atoms with E-state index in [1.165, 1.54) is 6.07 Å². The fraction of sp³-hybridized carbons (Fsp3) is 0.333. The van der Waals surface area contributed by atoms with Gasteiger partial charge in [-0.1, -0.05) is 30.3 Å². The number of fused-ring (bicyclic) bond motifs is 3. The molecule has 0 spiro atoms. The van der Waals surface area contributed by atoms with Gasteiger partial charge in [0.05, 0.1) is 6.04 Å². The predicted octanol–water partition coefficient (Wildman–Crippen LogP) is 0.766. The second-order valence-corrected chi connectivity index (χ2v) is 6.60. The third-order valence-corrected chi connectivity index (χ3v) is 5.17. The van der Waals surface area contributed by atoms with E-state index in [1.54, 1.807) is 22.8 Å². The number of carbonyl (C=O) groups is 1.